The number of aromatic nitrogens is 1. The molecule has 2 N–H and O–H groups in total. The third-order valence-electron chi connectivity index (χ3n) is 3.50. The monoisotopic (exact) mass is 371 g/mol. The third kappa shape index (κ3) is 4.72. The van der Waals surface area contributed by atoms with Gasteiger partial charge >= 0.3 is 0 Å². The van der Waals surface area contributed by atoms with Crippen molar-refractivity contribution in [2.24, 2.45) is 0 Å². The highest BCUT2D eigenvalue weighted by Gasteiger charge is 2.08. The van der Waals surface area contributed by atoms with E-state index >= 15 is 0 Å². The Labute approximate surface area is 155 Å². The molecule has 126 valence electrons. The predicted molar refractivity (Wildman–Crippen MR) is 102 cm³/mol. The molecular formula is C19H15Cl2N3O. The number of nitrogens with one attached hydrogen (secondary N) is 2. The minimum atomic E-state index is -0.222. The lowest BCUT2D eigenvalue weighted by Gasteiger charge is -2.09. The largest absolute Gasteiger partial charge is 0.353 e. The second-order valence-electron chi connectivity index (χ2n) is 5.35. The predicted octanol–water partition coefficient (Wildman–Crippen LogP) is 5.06. The van der Waals surface area contributed by atoms with E-state index in [1.54, 1.807) is 36.5 Å². The third-order valence-corrected chi connectivity index (χ3v) is 4.05. The molecule has 1 heterocycles. The Morgan fingerprint density at radius 1 is 1.00 bits per heavy atom. The van der Waals surface area contributed by atoms with Crippen LogP contribution in [0.5, 0.6) is 0 Å². The lowest BCUT2D eigenvalue weighted by atomic mass is 10.2. The van der Waals surface area contributed by atoms with Gasteiger partial charge in [0, 0.05) is 11.6 Å². The van der Waals surface area contributed by atoms with E-state index in [1.165, 1.54) is 0 Å². The van der Waals surface area contributed by atoms with Crippen molar-refractivity contribution in [2.75, 3.05) is 5.32 Å². The summed E-state index contributed by atoms with van der Waals surface area (Å²) in [5.41, 5.74) is 2.83. The molecule has 25 heavy (non-hydrogen) atoms. The number of hydrogen-bond acceptors (Lipinski definition) is 3. The first kappa shape index (κ1) is 17.3. The van der Waals surface area contributed by atoms with Crippen LogP contribution in [0.15, 0.2) is 66.9 Å². The van der Waals surface area contributed by atoms with Crippen LogP contribution in [0, 0.1) is 0 Å². The highest BCUT2D eigenvalue weighted by molar-refractivity contribution is 6.36. The Hall–Kier alpha value is -2.56. The molecule has 3 rings (SSSR count). The Morgan fingerprint density at radius 3 is 2.48 bits per heavy atom. The average Bonchev–Trinajstić information content (AvgIpc) is 2.63. The molecule has 2 aromatic carbocycles. The molecule has 3 aromatic rings. The minimum absolute atomic E-state index is 0.222. The molecule has 1 aromatic heterocycles. The Kier molecular flexibility index (Phi) is 5.53. The van der Waals surface area contributed by atoms with Gasteiger partial charge < -0.3 is 10.6 Å². The van der Waals surface area contributed by atoms with Gasteiger partial charge in [0.25, 0.3) is 5.91 Å². The van der Waals surface area contributed by atoms with Gasteiger partial charge in [-0.15, -0.1) is 0 Å². The van der Waals surface area contributed by atoms with Gasteiger partial charge in [-0.1, -0.05) is 53.5 Å². The molecule has 0 spiro atoms. The van der Waals surface area contributed by atoms with E-state index in [2.05, 4.69) is 15.6 Å². The van der Waals surface area contributed by atoms with E-state index in [1.807, 2.05) is 30.3 Å². The maximum atomic E-state index is 12.1. The van der Waals surface area contributed by atoms with Gasteiger partial charge in [0.15, 0.2) is 0 Å². The summed E-state index contributed by atoms with van der Waals surface area (Å²) in [6, 6.07) is 18.3. The average molecular weight is 372 g/mol. The van der Waals surface area contributed by atoms with E-state index in [4.69, 9.17) is 23.2 Å². The zero-order valence-corrected chi connectivity index (χ0v) is 14.7. The van der Waals surface area contributed by atoms with E-state index < -0.39 is 0 Å². The number of carbonyl (C=O) groups is 1. The molecular weight excluding hydrogens is 357 g/mol. The van der Waals surface area contributed by atoms with Crippen LogP contribution >= 0.6 is 23.2 Å². The SMILES string of the molecule is O=C(NCc1ccccc1)c1ccc(Nc2ccc(Cl)cc2Cl)cn1. The van der Waals surface area contributed by atoms with Crippen LogP contribution in [0.1, 0.15) is 16.1 Å². The fourth-order valence-corrected chi connectivity index (χ4v) is 2.67. The zero-order valence-electron chi connectivity index (χ0n) is 13.2. The van der Waals surface area contributed by atoms with Gasteiger partial charge in [-0.25, -0.2) is 4.98 Å². The number of rotatable bonds is 5. The van der Waals surface area contributed by atoms with Crippen molar-refractivity contribution in [1.82, 2.24) is 10.3 Å². The number of nitrogens with zero attached hydrogens (tertiary/aromatic N) is 1. The first-order valence-corrected chi connectivity index (χ1v) is 8.38. The Morgan fingerprint density at radius 2 is 1.80 bits per heavy atom. The summed E-state index contributed by atoms with van der Waals surface area (Å²) in [6.45, 7) is 0.460. The number of hydrogen-bond donors (Lipinski definition) is 2. The van der Waals surface area contributed by atoms with Crippen LogP contribution < -0.4 is 10.6 Å². The van der Waals surface area contributed by atoms with Crippen molar-refractivity contribution in [3.8, 4) is 0 Å². The smallest absolute Gasteiger partial charge is 0.270 e. The molecule has 6 heteroatoms. The highest BCUT2D eigenvalue weighted by atomic mass is 35.5. The molecule has 0 saturated carbocycles. The van der Waals surface area contributed by atoms with Crippen LogP contribution in [-0.4, -0.2) is 10.9 Å². The molecule has 0 saturated heterocycles. The molecule has 0 aliphatic heterocycles. The molecule has 1 amide bonds. The number of carbonyl (C=O) groups excluding carboxylic acids is 1. The van der Waals surface area contributed by atoms with Gasteiger partial charge in [0.05, 0.1) is 22.6 Å². The van der Waals surface area contributed by atoms with Crippen molar-refractivity contribution < 1.29 is 4.79 Å². The maximum Gasteiger partial charge on any atom is 0.270 e. The normalized spacial score (nSPS) is 10.3. The van der Waals surface area contributed by atoms with E-state index in [-0.39, 0.29) is 5.91 Å². The van der Waals surface area contributed by atoms with Crippen molar-refractivity contribution >= 4 is 40.5 Å². The minimum Gasteiger partial charge on any atom is -0.353 e. The van der Waals surface area contributed by atoms with Crippen molar-refractivity contribution in [2.45, 2.75) is 6.54 Å². The summed E-state index contributed by atoms with van der Waals surface area (Å²) < 4.78 is 0. The zero-order chi connectivity index (χ0) is 17.6. The first-order valence-electron chi connectivity index (χ1n) is 7.62. The lowest BCUT2D eigenvalue weighted by molar-refractivity contribution is 0.0946. The lowest BCUT2D eigenvalue weighted by Crippen LogP contribution is -2.23. The molecule has 0 radical (unpaired) electrons. The van der Waals surface area contributed by atoms with Crippen LogP contribution in [0.3, 0.4) is 0 Å². The molecule has 0 aliphatic carbocycles. The fourth-order valence-electron chi connectivity index (χ4n) is 2.22. The van der Waals surface area contributed by atoms with E-state index in [9.17, 15) is 4.79 Å². The van der Waals surface area contributed by atoms with Crippen molar-refractivity contribution in [1.29, 1.82) is 0 Å². The quantitative estimate of drug-likeness (QED) is 0.658. The van der Waals surface area contributed by atoms with Crippen LogP contribution in [0.4, 0.5) is 11.4 Å². The number of amides is 1. The van der Waals surface area contributed by atoms with Crippen LogP contribution in [0.2, 0.25) is 10.0 Å². The Bertz CT molecular complexity index is 868. The van der Waals surface area contributed by atoms with Crippen LogP contribution in [-0.2, 0) is 6.54 Å². The van der Waals surface area contributed by atoms with Gasteiger partial charge in [-0.2, -0.15) is 0 Å². The number of halogens is 2. The summed E-state index contributed by atoms with van der Waals surface area (Å²) in [5, 5.41) is 7.06. The van der Waals surface area contributed by atoms with E-state index in [0.29, 0.717) is 28.0 Å². The second kappa shape index (κ2) is 8.01. The second-order valence-corrected chi connectivity index (χ2v) is 6.19. The van der Waals surface area contributed by atoms with Crippen molar-refractivity contribution in [3.63, 3.8) is 0 Å². The van der Waals surface area contributed by atoms with Gasteiger partial charge in [0.2, 0.25) is 0 Å². The first-order chi connectivity index (χ1) is 12.1. The Balaban J connectivity index is 1.62. The van der Waals surface area contributed by atoms with E-state index in [0.717, 1.165) is 11.3 Å². The maximum absolute atomic E-state index is 12.1. The number of anilines is 2. The topological polar surface area (TPSA) is 54.0 Å². The molecule has 0 unspecified atom stereocenters. The number of pyridine rings is 1. The molecule has 0 atom stereocenters. The number of benzene rings is 2. The fraction of sp³-hybridized carbons (Fsp3) is 0.0526. The van der Waals surface area contributed by atoms with Gasteiger partial charge in [-0.05, 0) is 35.9 Å². The highest BCUT2D eigenvalue weighted by Crippen LogP contribution is 2.27. The van der Waals surface area contributed by atoms with Gasteiger partial charge in [-0.3, -0.25) is 4.79 Å². The van der Waals surface area contributed by atoms with Crippen LogP contribution in [0.25, 0.3) is 0 Å². The standard InChI is InChI=1S/C19H15Cl2N3O/c20-14-6-8-17(16(21)10-14)24-15-7-9-18(22-12-15)19(25)23-11-13-4-2-1-3-5-13/h1-10,12,24H,11H2,(H,23,25). The molecule has 0 fully saturated rings. The molecule has 0 bridgehead atoms. The molecule has 4 nitrogen and oxygen atoms in total. The summed E-state index contributed by atoms with van der Waals surface area (Å²) in [5.74, 6) is -0.222. The van der Waals surface area contributed by atoms with Gasteiger partial charge in [0.1, 0.15) is 5.69 Å². The summed E-state index contributed by atoms with van der Waals surface area (Å²) >= 11 is 12.0. The van der Waals surface area contributed by atoms with Crippen molar-refractivity contribution in [3.05, 3.63) is 88.2 Å². The summed E-state index contributed by atoms with van der Waals surface area (Å²) in [4.78, 5) is 16.3. The summed E-state index contributed by atoms with van der Waals surface area (Å²) in [7, 11) is 0. The molecule has 0 aliphatic rings. The summed E-state index contributed by atoms with van der Waals surface area (Å²) in [6.07, 6.45) is 1.59.